The lowest BCUT2D eigenvalue weighted by Crippen LogP contribution is -2.11. The van der Waals surface area contributed by atoms with E-state index in [1.807, 2.05) is 0 Å². The van der Waals surface area contributed by atoms with Gasteiger partial charge in [0.1, 0.15) is 10.5 Å². The molecule has 0 aromatic carbocycles. The van der Waals surface area contributed by atoms with Crippen molar-refractivity contribution in [1.82, 2.24) is 0 Å². The fourth-order valence-electron chi connectivity index (χ4n) is 0.245. The van der Waals surface area contributed by atoms with Crippen molar-refractivity contribution in [3.63, 3.8) is 0 Å². The SMILES string of the molecule is CC(=O)O/N=C(\CCl)C(Cl)Cl. The van der Waals surface area contributed by atoms with E-state index in [-0.39, 0.29) is 11.6 Å². The topological polar surface area (TPSA) is 38.7 Å². The number of carbonyl (C=O) groups excluding carboxylic acids is 1. The summed E-state index contributed by atoms with van der Waals surface area (Å²) in [5.74, 6) is -0.507. The highest BCUT2D eigenvalue weighted by molar-refractivity contribution is 6.56. The zero-order valence-electron chi connectivity index (χ0n) is 5.68. The minimum absolute atomic E-state index is 0.0327. The van der Waals surface area contributed by atoms with Gasteiger partial charge in [0, 0.05) is 6.92 Å². The van der Waals surface area contributed by atoms with E-state index in [0.29, 0.717) is 0 Å². The van der Waals surface area contributed by atoms with Gasteiger partial charge in [-0.3, -0.25) is 0 Å². The molecule has 0 atom stereocenters. The van der Waals surface area contributed by atoms with Crippen molar-refractivity contribution in [1.29, 1.82) is 0 Å². The Morgan fingerprint density at radius 3 is 2.45 bits per heavy atom. The number of rotatable bonds is 3. The Hall–Kier alpha value is 0.01000. The van der Waals surface area contributed by atoms with E-state index in [0.717, 1.165) is 0 Å². The molecule has 0 aliphatic heterocycles. The van der Waals surface area contributed by atoms with E-state index < -0.39 is 10.8 Å². The van der Waals surface area contributed by atoms with E-state index in [9.17, 15) is 4.79 Å². The maximum absolute atomic E-state index is 10.2. The molecule has 0 spiro atoms. The van der Waals surface area contributed by atoms with Crippen LogP contribution in [0.15, 0.2) is 5.16 Å². The zero-order valence-corrected chi connectivity index (χ0v) is 7.95. The quantitative estimate of drug-likeness (QED) is 0.314. The Morgan fingerprint density at radius 1 is 1.64 bits per heavy atom. The first-order chi connectivity index (χ1) is 5.07. The Labute approximate surface area is 79.2 Å². The molecule has 0 bridgehead atoms. The van der Waals surface area contributed by atoms with Crippen LogP contribution in [0.3, 0.4) is 0 Å². The van der Waals surface area contributed by atoms with Gasteiger partial charge in [-0.1, -0.05) is 28.4 Å². The van der Waals surface area contributed by atoms with Gasteiger partial charge < -0.3 is 4.84 Å². The molecule has 0 fully saturated rings. The molecule has 0 aliphatic rings. The molecule has 0 amide bonds. The van der Waals surface area contributed by atoms with E-state index in [1.165, 1.54) is 6.92 Å². The highest BCUT2D eigenvalue weighted by atomic mass is 35.5. The van der Waals surface area contributed by atoms with Crippen molar-refractivity contribution < 1.29 is 9.63 Å². The Morgan fingerprint density at radius 2 is 2.18 bits per heavy atom. The third-order valence-electron chi connectivity index (χ3n) is 0.680. The molecular formula is C5H6Cl3NO2. The fourth-order valence-corrected chi connectivity index (χ4v) is 0.841. The summed E-state index contributed by atoms with van der Waals surface area (Å²) in [4.78, 5) is 13.6. The predicted octanol–water partition coefficient (Wildman–Crippen LogP) is 1.95. The predicted molar refractivity (Wildman–Crippen MR) is 45.4 cm³/mol. The van der Waals surface area contributed by atoms with Crippen LogP contribution in [0, 0.1) is 0 Å². The van der Waals surface area contributed by atoms with Crippen molar-refractivity contribution in [2.24, 2.45) is 5.16 Å². The first-order valence-electron chi connectivity index (χ1n) is 2.66. The molecule has 0 aromatic heterocycles. The third-order valence-corrected chi connectivity index (χ3v) is 1.46. The maximum atomic E-state index is 10.2. The standard InChI is InChI=1S/C5H6Cl3NO2/c1-3(10)11-9-4(2-6)5(7)8/h5H,2H2,1H3/b9-4+. The van der Waals surface area contributed by atoms with Crippen molar-refractivity contribution in [3.05, 3.63) is 0 Å². The lowest BCUT2D eigenvalue weighted by atomic mass is 10.5. The molecule has 11 heavy (non-hydrogen) atoms. The Bertz CT molecular complexity index is 169. The van der Waals surface area contributed by atoms with Crippen LogP contribution < -0.4 is 0 Å². The summed E-state index contributed by atoms with van der Waals surface area (Å²) in [5, 5.41) is 3.31. The summed E-state index contributed by atoms with van der Waals surface area (Å²) >= 11 is 16.1. The molecule has 0 saturated heterocycles. The van der Waals surface area contributed by atoms with Gasteiger partial charge in [0.05, 0.1) is 5.88 Å². The number of hydrogen-bond acceptors (Lipinski definition) is 3. The van der Waals surface area contributed by atoms with Crippen LogP contribution in [-0.4, -0.2) is 22.4 Å². The van der Waals surface area contributed by atoms with Gasteiger partial charge in [0.2, 0.25) is 0 Å². The van der Waals surface area contributed by atoms with E-state index in [4.69, 9.17) is 34.8 Å². The normalized spacial score (nSPS) is 11.9. The molecule has 64 valence electrons. The first kappa shape index (κ1) is 11.0. The van der Waals surface area contributed by atoms with Gasteiger partial charge in [-0.05, 0) is 0 Å². The summed E-state index contributed by atoms with van der Waals surface area (Å²) in [6.07, 6.45) is 0. The summed E-state index contributed by atoms with van der Waals surface area (Å²) in [5.41, 5.74) is 0.213. The van der Waals surface area contributed by atoms with Crippen LogP contribution in [0.5, 0.6) is 0 Å². The molecule has 0 saturated carbocycles. The van der Waals surface area contributed by atoms with Gasteiger partial charge in [-0.2, -0.15) is 0 Å². The molecule has 0 radical (unpaired) electrons. The minimum Gasteiger partial charge on any atom is -0.319 e. The lowest BCUT2D eigenvalue weighted by molar-refractivity contribution is -0.140. The monoisotopic (exact) mass is 217 g/mol. The average Bonchev–Trinajstić information content (AvgIpc) is 1.87. The van der Waals surface area contributed by atoms with Crippen LogP contribution in [0.1, 0.15) is 6.92 Å². The highest BCUT2D eigenvalue weighted by Gasteiger charge is 2.08. The van der Waals surface area contributed by atoms with Crippen LogP contribution in [-0.2, 0) is 9.63 Å². The number of alkyl halides is 3. The average molecular weight is 218 g/mol. The molecule has 6 heteroatoms. The summed E-state index contributed by atoms with van der Waals surface area (Å²) in [7, 11) is 0. The van der Waals surface area contributed by atoms with Gasteiger partial charge in [-0.25, -0.2) is 4.79 Å². The molecule has 0 aromatic rings. The van der Waals surface area contributed by atoms with Crippen molar-refractivity contribution in [2.75, 3.05) is 5.88 Å². The second-order valence-corrected chi connectivity index (χ2v) is 2.96. The highest BCUT2D eigenvalue weighted by Crippen LogP contribution is 2.06. The van der Waals surface area contributed by atoms with E-state index >= 15 is 0 Å². The second kappa shape index (κ2) is 5.63. The van der Waals surface area contributed by atoms with E-state index in [2.05, 4.69) is 9.99 Å². The largest absolute Gasteiger partial charge is 0.331 e. The Kier molecular flexibility index (Phi) is 5.64. The van der Waals surface area contributed by atoms with Crippen LogP contribution in [0.4, 0.5) is 0 Å². The van der Waals surface area contributed by atoms with E-state index in [1.54, 1.807) is 0 Å². The molecule has 0 unspecified atom stereocenters. The van der Waals surface area contributed by atoms with Crippen LogP contribution in [0.2, 0.25) is 0 Å². The molecule has 3 nitrogen and oxygen atoms in total. The van der Waals surface area contributed by atoms with Gasteiger partial charge >= 0.3 is 5.97 Å². The molecular weight excluding hydrogens is 212 g/mol. The summed E-state index contributed by atoms with van der Waals surface area (Å²) in [6.45, 7) is 1.22. The smallest absolute Gasteiger partial charge is 0.319 e. The fraction of sp³-hybridized carbons (Fsp3) is 0.600. The maximum Gasteiger partial charge on any atom is 0.331 e. The van der Waals surface area contributed by atoms with Crippen molar-refractivity contribution in [3.8, 4) is 0 Å². The van der Waals surface area contributed by atoms with Gasteiger partial charge in [0.15, 0.2) is 0 Å². The number of hydrogen-bond donors (Lipinski definition) is 0. The van der Waals surface area contributed by atoms with Crippen molar-refractivity contribution >= 4 is 46.5 Å². The number of oxime groups is 1. The molecule has 0 N–H and O–H groups in total. The molecule has 0 heterocycles. The Balaban J connectivity index is 4.01. The molecule has 0 rings (SSSR count). The second-order valence-electron chi connectivity index (χ2n) is 1.60. The number of halogens is 3. The lowest BCUT2D eigenvalue weighted by Gasteiger charge is -1.99. The first-order valence-corrected chi connectivity index (χ1v) is 4.07. The number of carbonyl (C=O) groups is 1. The third kappa shape index (κ3) is 5.30. The van der Waals surface area contributed by atoms with Crippen LogP contribution in [0.25, 0.3) is 0 Å². The van der Waals surface area contributed by atoms with Gasteiger partial charge in [0.25, 0.3) is 0 Å². The summed E-state index contributed by atoms with van der Waals surface area (Å²) < 4.78 is 0. The van der Waals surface area contributed by atoms with Crippen LogP contribution >= 0.6 is 34.8 Å². The van der Waals surface area contributed by atoms with Gasteiger partial charge in [-0.15, -0.1) is 11.6 Å². The minimum atomic E-state index is -0.841. The zero-order chi connectivity index (χ0) is 8.85. The molecule has 0 aliphatic carbocycles. The summed E-state index contributed by atoms with van der Waals surface area (Å²) in [6, 6.07) is 0. The van der Waals surface area contributed by atoms with Crippen molar-refractivity contribution in [2.45, 2.75) is 11.8 Å². The number of nitrogens with zero attached hydrogens (tertiary/aromatic N) is 1.